The number of aromatic nitrogens is 3. The Bertz CT molecular complexity index is 1550. The van der Waals surface area contributed by atoms with Crippen LogP contribution in [0, 0.1) is 0 Å². The van der Waals surface area contributed by atoms with Gasteiger partial charge in [-0.1, -0.05) is 47.5 Å². The van der Waals surface area contributed by atoms with Gasteiger partial charge in [-0.25, -0.2) is 9.78 Å². The summed E-state index contributed by atoms with van der Waals surface area (Å²) in [7, 11) is 2.92. The second-order valence-electron chi connectivity index (χ2n) is 7.11. The molecule has 0 spiro atoms. The van der Waals surface area contributed by atoms with Gasteiger partial charge in [0.15, 0.2) is 11.4 Å². The summed E-state index contributed by atoms with van der Waals surface area (Å²) >= 11 is 12.7. The van der Waals surface area contributed by atoms with Crippen molar-refractivity contribution in [1.82, 2.24) is 14.1 Å². The van der Waals surface area contributed by atoms with E-state index in [4.69, 9.17) is 23.2 Å². The van der Waals surface area contributed by atoms with Crippen molar-refractivity contribution < 1.29 is 4.79 Å². The summed E-state index contributed by atoms with van der Waals surface area (Å²) in [4.78, 5) is 43.7. The van der Waals surface area contributed by atoms with Crippen LogP contribution < -0.4 is 11.2 Å². The highest BCUT2D eigenvalue weighted by Gasteiger charge is 2.34. The van der Waals surface area contributed by atoms with Crippen molar-refractivity contribution in [3.8, 4) is 22.4 Å². The van der Waals surface area contributed by atoms with Crippen molar-refractivity contribution in [1.29, 1.82) is 0 Å². The molecule has 0 saturated carbocycles. The molecule has 1 aliphatic carbocycles. The maximum absolute atomic E-state index is 13.4. The number of rotatable bonds is 1. The van der Waals surface area contributed by atoms with Crippen LogP contribution in [-0.2, 0) is 14.1 Å². The van der Waals surface area contributed by atoms with E-state index in [9.17, 15) is 14.4 Å². The van der Waals surface area contributed by atoms with Gasteiger partial charge in [0.1, 0.15) is 0 Å². The van der Waals surface area contributed by atoms with Gasteiger partial charge in [-0.3, -0.25) is 18.7 Å². The van der Waals surface area contributed by atoms with E-state index in [1.807, 2.05) is 6.07 Å². The fourth-order valence-electron chi connectivity index (χ4n) is 3.99. The number of nitrogens with zero attached hydrogens (tertiary/aromatic N) is 3. The molecule has 0 atom stereocenters. The summed E-state index contributed by atoms with van der Waals surface area (Å²) in [6.07, 6.45) is 0. The van der Waals surface area contributed by atoms with Crippen LogP contribution in [0.4, 0.5) is 0 Å². The van der Waals surface area contributed by atoms with Gasteiger partial charge in [0.05, 0.1) is 16.6 Å². The molecule has 0 aliphatic heterocycles. The minimum atomic E-state index is -0.557. The molecule has 0 unspecified atom stereocenters. The Labute approximate surface area is 179 Å². The van der Waals surface area contributed by atoms with Crippen molar-refractivity contribution >= 4 is 40.0 Å². The van der Waals surface area contributed by atoms with Crippen molar-refractivity contribution in [2.45, 2.75) is 0 Å². The standard InChI is InChI=1S/C22H13Cl2N3O3/c1-26-20-17(21(29)27(2)22(26)30)15(13-9-10(23)7-8-14(13)24)16-18(25-20)11-5-3-4-6-12(11)19(16)28/h3-9H,1-2H3. The highest BCUT2D eigenvalue weighted by molar-refractivity contribution is 6.37. The lowest BCUT2D eigenvalue weighted by Gasteiger charge is -2.15. The van der Waals surface area contributed by atoms with Gasteiger partial charge in [-0.2, -0.15) is 0 Å². The molecule has 4 aromatic rings. The molecule has 5 rings (SSSR count). The van der Waals surface area contributed by atoms with Crippen LogP contribution in [0.25, 0.3) is 33.4 Å². The first kappa shape index (κ1) is 18.8. The molecule has 0 saturated heterocycles. The third-order valence-electron chi connectivity index (χ3n) is 5.44. The summed E-state index contributed by atoms with van der Waals surface area (Å²) in [5.41, 5.74) is 1.70. The molecule has 0 fully saturated rings. The Morgan fingerprint density at radius 1 is 0.833 bits per heavy atom. The highest BCUT2D eigenvalue weighted by Crippen LogP contribution is 2.44. The maximum Gasteiger partial charge on any atom is 0.332 e. The number of carbonyl (C=O) groups excluding carboxylic acids is 1. The van der Waals surface area contributed by atoms with Crippen molar-refractivity contribution in [3.05, 3.63) is 84.5 Å². The molecule has 2 aromatic heterocycles. The second-order valence-corrected chi connectivity index (χ2v) is 7.96. The zero-order valence-electron chi connectivity index (χ0n) is 15.9. The molecule has 30 heavy (non-hydrogen) atoms. The number of hydrogen-bond donors (Lipinski definition) is 0. The smallest absolute Gasteiger partial charge is 0.288 e. The predicted octanol–water partition coefficient (Wildman–Crippen LogP) is 3.82. The Morgan fingerprint density at radius 2 is 1.53 bits per heavy atom. The first-order chi connectivity index (χ1) is 14.3. The van der Waals surface area contributed by atoms with E-state index in [1.165, 1.54) is 18.7 Å². The van der Waals surface area contributed by atoms with Crippen molar-refractivity contribution in [2.24, 2.45) is 14.1 Å². The Hall–Kier alpha value is -3.22. The molecule has 6 nitrogen and oxygen atoms in total. The van der Waals surface area contributed by atoms with Gasteiger partial charge in [-0.05, 0) is 18.2 Å². The topological polar surface area (TPSA) is 74.0 Å². The van der Waals surface area contributed by atoms with Gasteiger partial charge in [0, 0.05) is 46.4 Å². The first-order valence-corrected chi connectivity index (χ1v) is 9.80. The van der Waals surface area contributed by atoms with E-state index in [1.54, 1.807) is 36.4 Å². The minimum absolute atomic E-state index is 0.142. The van der Waals surface area contributed by atoms with E-state index in [0.717, 1.165) is 4.57 Å². The molecule has 0 N–H and O–H groups in total. The third-order valence-corrected chi connectivity index (χ3v) is 6.00. The van der Waals surface area contributed by atoms with E-state index < -0.39 is 11.2 Å². The van der Waals surface area contributed by atoms with E-state index in [0.29, 0.717) is 38.0 Å². The fraction of sp³-hybridized carbons (Fsp3) is 0.0909. The van der Waals surface area contributed by atoms with Crippen molar-refractivity contribution in [2.75, 3.05) is 0 Å². The summed E-state index contributed by atoms with van der Waals surface area (Å²) < 4.78 is 2.29. The fourth-order valence-corrected chi connectivity index (χ4v) is 4.37. The molecule has 2 aromatic carbocycles. The van der Waals surface area contributed by atoms with Crippen LogP contribution in [0.3, 0.4) is 0 Å². The van der Waals surface area contributed by atoms with Crippen LogP contribution in [0.15, 0.2) is 52.1 Å². The first-order valence-electron chi connectivity index (χ1n) is 9.04. The molecule has 2 heterocycles. The molecule has 0 amide bonds. The number of fused-ring (bicyclic) bond motifs is 4. The second kappa shape index (κ2) is 6.39. The van der Waals surface area contributed by atoms with Crippen LogP contribution >= 0.6 is 23.2 Å². The van der Waals surface area contributed by atoms with Crippen LogP contribution in [-0.4, -0.2) is 19.9 Å². The average molecular weight is 438 g/mol. The lowest BCUT2D eigenvalue weighted by molar-refractivity contribution is 0.104. The Balaban J connectivity index is 2.11. The molecule has 1 aliphatic rings. The lowest BCUT2D eigenvalue weighted by Crippen LogP contribution is -2.37. The monoisotopic (exact) mass is 437 g/mol. The maximum atomic E-state index is 13.4. The number of carbonyl (C=O) groups is 1. The van der Waals surface area contributed by atoms with E-state index in [2.05, 4.69) is 4.98 Å². The number of aryl methyl sites for hydroxylation is 1. The van der Waals surface area contributed by atoms with Gasteiger partial charge < -0.3 is 0 Å². The van der Waals surface area contributed by atoms with Crippen molar-refractivity contribution in [3.63, 3.8) is 0 Å². The third kappa shape index (κ3) is 2.38. The van der Waals surface area contributed by atoms with Gasteiger partial charge in [-0.15, -0.1) is 0 Å². The number of halogens is 2. The highest BCUT2D eigenvalue weighted by atomic mass is 35.5. The van der Waals surface area contributed by atoms with Crippen LogP contribution in [0.2, 0.25) is 10.0 Å². The average Bonchev–Trinajstić information content (AvgIpc) is 3.03. The zero-order chi connectivity index (χ0) is 21.3. The van der Waals surface area contributed by atoms with Gasteiger partial charge in [0.25, 0.3) is 5.56 Å². The molecular weight excluding hydrogens is 425 g/mol. The molecule has 0 radical (unpaired) electrons. The van der Waals surface area contributed by atoms with E-state index >= 15 is 0 Å². The van der Waals surface area contributed by atoms with Crippen LogP contribution in [0.1, 0.15) is 15.9 Å². The summed E-state index contributed by atoms with van der Waals surface area (Å²) in [6.45, 7) is 0. The van der Waals surface area contributed by atoms with Gasteiger partial charge >= 0.3 is 5.69 Å². The number of ketones is 1. The SMILES string of the molecule is Cn1c(=O)c2c(-c3cc(Cl)ccc3Cl)c3c(nc2n(C)c1=O)-c1ccccc1C3=O. The Morgan fingerprint density at radius 3 is 2.27 bits per heavy atom. The van der Waals surface area contributed by atoms with Crippen LogP contribution in [0.5, 0.6) is 0 Å². The lowest BCUT2D eigenvalue weighted by atomic mass is 9.95. The molecular formula is C22H13Cl2N3O3. The Kier molecular flexibility index (Phi) is 4.00. The molecule has 8 heteroatoms. The zero-order valence-corrected chi connectivity index (χ0v) is 17.4. The number of benzene rings is 2. The van der Waals surface area contributed by atoms with Gasteiger partial charge in [0.2, 0.25) is 0 Å². The number of pyridine rings is 1. The molecule has 0 bridgehead atoms. The molecule has 148 valence electrons. The largest absolute Gasteiger partial charge is 0.332 e. The summed E-state index contributed by atoms with van der Waals surface area (Å²) in [5.74, 6) is -0.253. The van der Waals surface area contributed by atoms with E-state index in [-0.39, 0.29) is 22.4 Å². The summed E-state index contributed by atoms with van der Waals surface area (Å²) in [6, 6.07) is 11.9. The normalized spacial score (nSPS) is 12.3. The quantitative estimate of drug-likeness (QED) is 0.399. The summed E-state index contributed by atoms with van der Waals surface area (Å²) in [5, 5.41) is 0.871. The number of hydrogen-bond acceptors (Lipinski definition) is 4. The minimum Gasteiger partial charge on any atom is -0.288 e. The predicted molar refractivity (Wildman–Crippen MR) is 117 cm³/mol.